The Morgan fingerprint density at radius 3 is 0.615 bits per heavy atom. The number of benzene rings is 4. The zero-order valence-electron chi connectivity index (χ0n) is 14.0. The van der Waals surface area contributed by atoms with Crippen molar-refractivity contribution in [2.75, 3.05) is 0 Å². The minimum Gasteiger partial charge on any atom is -0.0843 e. The topological polar surface area (TPSA) is 0 Å². The first-order chi connectivity index (χ1) is 12.7. The van der Waals surface area contributed by atoms with Crippen LogP contribution in [0.25, 0.3) is 33.4 Å². The minimum atomic E-state index is 0.756. The van der Waals surface area contributed by atoms with E-state index in [-0.39, 0.29) is 0 Å². The van der Waals surface area contributed by atoms with Crippen molar-refractivity contribution in [1.29, 1.82) is 0 Å². The summed E-state index contributed by atoms with van der Waals surface area (Å²) in [5.74, 6) is 0. The molecule has 4 rings (SSSR count). The van der Waals surface area contributed by atoms with Gasteiger partial charge in [0.1, 0.15) is 0 Å². The van der Waals surface area contributed by atoms with Gasteiger partial charge >= 0.3 is 0 Å². The van der Waals surface area contributed by atoms with Crippen molar-refractivity contribution in [2.45, 2.75) is 0 Å². The van der Waals surface area contributed by atoms with Gasteiger partial charge in [-0.3, -0.25) is 0 Å². The van der Waals surface area contributed by atoms with Gasteiger partial charge < -0.3 is 0 Å². The molecule has 0 amide bonds. The second-order valence-electron chi connectivity index (χ2n) is 6.17. The van der Waals surface area contributed by atoms with Gasteiger partial charge in [-0.05, 0) is 57.6 Å². The predicted octanol–water partition coefficient (Wildman–Crippen LogP) is 7.99. The molecule has 0 radical (unpaired) electrons. The Kier molecular flexibility index (Phi) is 4.79. The Balaban J connectivity index is 1.57. The first-order valence-corrected chi connectivity index (χ1v) is 9.17. The van der Waals surface area contributed by atoms with Crippen LogP contribution in [0.15, 0.2) is 97.1 Å². The molecule has 0 unspecified atom stereocenters. The van der Waals surface area contributed by atoms with E-state index in [0.717, 1.165) is 10.0 Å². The molecule has 0 aliphatic carbocycles. The fourth-order valence-electron chi connectivity index (χ4n) is 2.99. The van der Waals surface area contributed by atoms with Gasteiger partial charge in [0.05, 0.1) is 0 Å². The average Bonchev–Trinajstić information content (AvgIpc) is 2.70. The van der Waals surface area contributed by atoms with Gasteiger partial charge in [-0.15, -0.1) is 0 Å². The molecule has 0 atom stereocenters. The van der Waals surface area contributed by atoms with E-state index in [4.69, 9.17) is 23.2 Å². The molecule has 0 nitrogen and oxygen atoms in total. The van der Waals surface area contributed by atoms with E-state index in [1.165, 1.54) is 33.4 Å². The van der Waals surface area contributed by atoms with Crippen LogP contribution < -0.4 is 0 Å². The van der Waals surface area contributed by atoms with Gasteiger partial charge in [0, 0.05) is 10.0 Å². The molecule has 2 heteroatoms. The van der Waals surface area contributed by atoms with Crippen molar-refractivity contribution in [1.82, 2.24) is 0 Å². The Morgan fingerprint density at radius 1 is 0.269 bits per heavy atom. The fraction of sp³-hybridized carbons (Fsp3) is 0. The van der Waals surface area contributed by atoms with Crippen LogP contribution in [-0.2, 0) is 0 Å². The third-order valence-electron chi connectivity index (χ3n) is 4.46. The Bertz CT molecular complexity index is 911. The Labute approximate surface area is 163 Å². The third kappa shape index (κ3) is 3.67. The van der Waals surface area contributed by atoms with E-state index in [9.17, 15) is 0 Å². The van der Waals surface area contributed by atoms with E-state index in [1.807, 2.05) is 48.5 Å². The molecule has 0 spiro atoms. The largest absolute Gasteiger partial charge is 0.0843 e. The monoisotopic (exact) mass is 374 g/mol. The molecule has 126 valence electrons. The highest BCUT2D eigenvalue weighted by Gasteiger charge is 2.02. The van der Waals surface area contributed by atoms with E-state index < -0.39 is 0 Å². The summed E-state index contributed by atoms with van der Waals surface area (Å²) in [6, 6.07) is 33.0. The van der Waals surface area contributed by atoms with Gasteiger partial charge in [0.15, 0.2) is 0 Å². The second kappa shape index (κ2) is 7.37. The molecule has 4 aromatic carbocycles. The molecule has 0 N–H and O–H groups in total. The third-order valence-corrected chi connectivity index (χ3v) is 4.96. The lowest BCUT2D eigenvalue weighted by atomic mass is 9.98. The summed E-state index contributed by atoms with van der Waals surface area (Å²) in [4.78, 5) is 0. The lowest BCUT2D eigenvalue weighted by Crippen LogP contribution is -1.82. The van der Waals surface area contributed by atoms with Crippen molar-refractivity contribution in [3.63, 3.8) is 0 Å². The summed E-state index contributed by atoms with van der Waals surface area (Å²) in [6.45, 7) is 0. The highest BCUT2D eigenvalue weighted by molar-refractivity contribution is 6.30. The smallest absolute Gasteiger partial charge is 0.0406 e. The Hall–Kier alpha value is -2.54. The highest BCUT2D eigenvalue weighted by Crippen LogP contribution is 2.28. The fourth-order valence-corrected chi connectivity index (χ4v) is 3.25. The van der Waals surface area contributed by atoms with Crippen molar-refractivity contribution in [3.8, 4) is 33.4 Å². The van der Waals surface area contributed by atoms with Gasteiger partial charge in [-0.2, -0.15) is 0 Å². The molecule has 0 bridgehead atoms. The number of hydrogen-bond donors (Lipinski definition) is 0. The van der Waals surface area contributed by atoms with E-state index >= 15 is 0 Å². The van der Waals surface area contributed by atoms with Crippen molar-refractivity contribution in [3.05, 3.63) is 107 Å². The molecule has 0 aromatic heterocycles. The van der Waals surface area contributed by atoms with Gasteiger partial charge in [-0.1, -0.05) is 96.0 Å². The van der Waals surface area contributed by atoms with Crippen molar-refractivity contribution < 1.29 is 0 Å². The normalized spacial score (nSPS) is 10.7. The lowest BCUT2D eigenvalue weighted by molar-refractivity contribution is 1.57. The summed E-state index contributed by atoms with van der Waals surface area (Å²) in [7, 11) is 0. The highest BCUT2D eigenvalue weighted by atomic mass is 35.5. The van der Waals surface area contributed by atoms with Crippen LogP contribution in [0.2, 0.25) is 10.0 Å². The second-order valence-corrected chi connectivity index (χ2v) is 7.04. The molecule has 0 saturated heterocycles. The summed E-state index contributed by atoms with van der Waals surface area (Å²) < 4.78 is 0. The van der Waals surface area contributed by atoms with Crippen LogP contribution in [0.5, 0.6) is 0 Å². The maximum absolute atomic E-state index is 5.96. The maximum Gasteiger partial charge on any atom is 0.0406 e. The van der Waals surface area contributed by atoms with Crippen LogP contribution in [0.3, 0.4) is 0 Å². The predicted molar refractivity (Wildman–Crippen MR) is 113 cm³/mol. The molecule has 26 heavy (non-hydrogen) atoms. The van der Waals surface area contributed by atoms with Crippen LogP contribution >= 0.6 is 23.2 Å². The summed E-state index contributed by atoms with van der Waals surface area (Å²) >= 11 is 11.9. The first kappa shape index (κ1) is 16.9. The molecular formula is C24H16Cl2. The quantitative estimate of drug-likeness (QED) is 0.340. The average molecular weight is 375 g/mol. The SMILES string of the molecule is Clc1ccc(-c2ccc(-c3ccc(-c4ccc(Cl)cc4)cc3)cc2)cc1. The standard InChI is InChI=1S/C24H16Cl2/c25-23-13-9-21(10-14-23)19-5-1-17(2-6-19)18-3-7-20(8-4-18)22-11-15-24(26)16-12-22/h1-16H. The zero-order chi connectivity index (χ0) is 17.9. The summed E-state index contributed by atoms with van der Waals surface area (Å²) in [6.07, 6.45) is 0. The van der Waals surface area contributed by atoms with Gasteiger partial charge in [-0.25, -0.2) is 0 Å². The maximum atomic E-state index is 5.96. The van der Waals surface area contributed by atoms with Crippen LogP contribution in [0.1, 0.15) is 0 Å². The summed E-state index contributed by atoms with van der Waals surface area (Å²) in [5.41, 5.74) is 7.10. The number of hydrogen-bond acceptors (Lipinski definition) is 0. The van der Waals surface area contributed by atoms with Gasteiger partial charge in [0.2, 0.25) is 0 Å². The molecule has 0 saturated carbocycles. The lowest BCUT2D eigenvalue weighted by Gasteiger charge is -2.07. The van der Waals surface area contributed by atoms with E-state index in [2.05, 4.69) is 48.5 Å². The molecule has 0 aliphatic rings. The van der Waals surface area contributed by atoms with E-state index in [1.54, 1.807) is 0 Å². The number of halogens is 2. The summed E-state index contributed by atoms with van der Waals surface area (Å²) in [5, 5.41) is 1.51. The van der Waals surface area contributed by atoms with Crippen LogP contribution in [0, 0.1) is 0 Å². The van der Waals surface area contributed by atoms with Crippen LogP contribution in [0.4, 0.5) is 0 Å². The van der Waals surface area contributed by atoms with Gasteiger partial charge in [0.25, 0.3) is 0 Å². The molecule has 0 heterocycles. The van der Waals surface area contributed by atoms with Crippen molar-refractivity contribution >= 4 is 23.2 Å². The molecule has 4 aromatic rings. The first-order valence-electron chi connectivity index (χ1n) is 8.41. The number of rotatable bonds is 3. The molecule has 0 aliphatic heterocycles. The van der Waals surface area contributed by atoms with Crippen LogP contribution in [-0.4, -0.2) is 0 Å². The Morgan fingerprint density at radius 2 is 0.423 bits per heavy atom. The zero-order valence-corrected chi connectivity index (χ0v) is 15.5. The molecule has 0 fully saturated rings. The minimum absolute atomic E-state index is 0.756. The molecular weight excluding hydrogens is 359 g/mol. The van der Waals surface area contributed by atoms with Crippen molar-refractivity contribution in [2.24, 2.45) is 0 Å². The van der Waals surface area contributed by atoms with E-state index in [0.29, 0.717) is 0 Å².